The highest BCUT2D eigenvalue weighted by atomic mass is 16.5. The fraction of sp³-hybridized carbons (Fsp3) is 0.833. The molecule has 0 aliphatic carbocycles. The first kappa shape index (κ1) is 14.1. The summed E-state index contributed by atoms with van der Waals surface area (Å²) in [6, 6.07) is 0. The average molecular weight is 241 g/mol. The lowest BCUT2D eigenvalue weighted by molar-refractivity contribution is -0.0876. The van der Waals surface area contributed by atoms with Crippen LogP contribution in [0.4, 0.5) is 0 Å². The Kier molecular flexibility index (Phi) is 4.65. The number of hydrogen-bond acceptors (Lipinski definition) is 4. The molecular weight excluding hydrogens is 218 g/mol. The van der Waals surface area contributed by atoms with Crippen LogP contribution in [0.5, 0.6) is 0 Å². The van der Waals surface area contributed by atoms with E-state index in [0.717, 1.165) is 5.69 Å². The Morgan fingerprint density at radius 1 is 1.47 bits per heavy atom. The third-order valence-electron chi connectivity index (χ3n) is 2.62. The zero-order valence-corrected chi connectivity index (χ0v) is 11.3. The van der Waals surface area contributed by atoms with Crippen molar-refractivity contribution in [3.8, 4) is 0 Å². The quantitative estimate of drug-likeness (QED) is 0.840. The monoisotopic (exact) mass is 241 g/mol. The molecule has 1 heterocycles. The summed E-state index contributed by atoms with van der Waals surface area (Å²) in [5.41, 5.74) is 0.686. The van der Waals surface area contributed by atoms with E-state index >= 15 is 0 Å². The molecule has 0 amide bonds. The van der Waals surface area contributed by atoms with Crippen LogP contribution in [0, 0.1) is 5.41 Å². The van der Waals surface area contributed by atoms with E-state index in [4.69, 9.17) is 4.74 Å². The molecule has 1 N–H and O–H groups in total. The van der Waals surface area contributed by atoms with Gasteiger partial charge in [-0.3, -0.25) is 4.68 Å². The molecule has 5 nitrogen and oxygen atoms in total. The van der Waals surface area contributed by atoms with Gasteiger partial charge in [-0.1, -0.05) is 26.0 Å². The average Bonchev–Trinajstić information content (AvgIpc) is 2.58. The maximum Gasteiger partial charge on any atom is 0.0885 e. The Bertz CT molecular complexity index is 344. The first-order valence-electron chi connectivity index (χ1n) is 5.99. The molecule has 1 aromatic rings. The second kappa shape index (κ2) is 5.60. The molecule has 1 rings (SSSR count). The number of aliphatic hydroxyl groups excluding tert-OH is 1. The number of rotatable bonds is 5. The molecule has 0 aromatic carbocycles. The smallest absolute Gasteiger partial charge is 0.0885 e. The second-order valence-corrected chi connectivity index (χ2v) is 5.40. The molecule has 2 unspecified atom stereocenters. The summed E-state index contributed by atoms with van der Waals surface area (Å²) in [5, 5.41) is 18.1. The van der Waals surface area contributed by atoms with Crippen molar-refractivity contribution in [2.75, 3.05) is 6.61 Å². The first-order valence-corrected chi connectivity index (χ1v) is 5.99. The Balaban J connectivity index is 2.68. The normalized spacial score (nSPS) is 15.9. The molecule has 2 atom stereocenters. The summed E-state index contributed by atoms with van der Waals surface area (Å²) in [6.45, 7) is 8.72. The molecule has 0 bridgehead atoms. The van der Waals surface area contributed by atoms with Crippen LogP contribution < -0.4 is 0 Å². The van der Waals surface area contributed by atoms with Crippen LogP contribution in [0.2, 0.25) is 0 Å². The summed E-state index contributed by atoms with van der Waals surface area (Å²) < 4.78 is 7.28. The van der Waals surface area contributed by atoms with Crippen molar-refractivity contribution >= 4 is 0 Å². The number of ether oxygens (including phenoxy) is 1. The minimum Gasteiger partial charge on any atom is -0.390 e. The van der Waals surface area contributed by atoms with Crippen molar-refractivity contribution in [1.29, 1.82) is 0 Å². The van der Waals surface area contributed by atoms with Gasteiger partial charge in [0, 0.05) is 26.3 Å². The maximum absolute atomic E-state index is 10.2. The molecule has 0 saturated carbocycles. The standard InChI is InChI=1S/C12H23N3O2/c1-6-17-11(12(2,3)4)10(16)7-9-8-15(5)14-13-9/h8,10-11,16H,6-7H2,1-5H3. The highest BCUT2D eigenvalue weighted by molar-refractivity contribution is 4.97. The highest BCUT2D eigenvalue weighted by Gasteiger charge is 2.32. The van der Waals surface area contributed by atoms with Gasteiger partial charge in [0.2, 0.25) is 0 Å². The van der Waals surface area contributed by atoms with Gasteiger partial charge in [0.15, 0.2) is 0 Å². The third-order valence-corrected chi connectivity index (χ3v) is 2.62. The van der Waals surface area contributed by atoms with Gasteiger partial charge in [-0.2, -0.15) is 0 Å². The summed E-state index contributed by atoms with van der Waals surface area (Å²) in [6.07, 6.45) is 1.52. The molecule has 0 aliphatic heterocycles. The van der Waals surface area contributed by atoms with Crippen LogP contribution in [0.25, 0.3) is 0 Å². The van der Waals surface area contributed by atoms with Gasteiger partial charge in [-0.15, -0.1) is 5.10 Å². The number of nitrogens with zero attached hydrogens (tertiary/aromatic N) is 3. The van der Waals surface area contributed by atoms with Crippen LogP contribution >= 0.6 is 0 Å². The van der Waals surface area contributed by atoms with Gasteiger partial charge in [0.25, 0.3) is 0 Å². The SMILES string of the molecule is CCOC(C(O)Cc1cn(C)nn1)C(C)(C)C. The van der Waals surface area contributed by atoms with Crippen LogP contribution in [-0.2, 0) is 18.2 Å². The van der Waals surface area contributed by atoms with E-state index in [1.165, 1.54) is 0 Å². The summed E-state index contributed by atoms with van der Waals surface area (Å²) in [5.74, 6) is 0. The van der Waals surface area contributed by atoms with Crippen LogP contribution in [-0.4, -0.2) is 38.9 Å². The molecule has 0 spiro atoms. The van der Waals surface area contributed by atoms with Crippen LogP contribution in [0.3, 0.4) is 0 Å². The topological polar surface area (TPSA) is 60.2 Å². The molecule has 0 aliphatic rings. The predicted octanol–water partition coefficient (Wildman–Crippen LogP) is 1.17. The van der Waals surface area contributed by atoms with E-state index in [2.05, 4.69) is 31.1 Å². The van der Waals surface area contributed by atoms with E-state index in [0.29, 0.717) is 13.0 Å². The van der Waals surface area contributed by atoms with Crippen LogP contribution in [0.15, 0.2) is 6.20 Å². The molecule has 5 heteroatoms. The number of aryl methyl sites for hydroxylation is 1. The van der Waals surface area contributed by atoms with Crippen molar-refractivity contribution in [3.63, 3.8) is 0 Å². The van der Waals surface area contributed by atoms with Gasteiger partial charge in [0.1, 0.15) is 0 Å². The summed E-state index contributed by atoms with van der Waals surface area (Å²) >= 11 is 0. The highest BCUT2D eigenvalue weighted by Crippen LogP contribution is 2.26. The molecule has 17 heavy (non-hydrogen) atoms. The Hall–Kier alpha value is -0.940. The summed E-state index contributed by atoms with van der Waals surface area (Å²) in [7, 11) is 1.81. The summed E-state index contributed by atoms with van der Waals surface area (Å²) in [4.78, 5) is 0. The Morgan fingerprint density at radius 3 is 2.53 bits per heavy atom. The van der Waals surface area contributed by atoms with Crippen molar-refractivity contribution in [3.05, 3.63) is 11.9 Å². The third kappa shape index (κ3) is 4.09. The van der Waals surface area contributed by atoms with Gasteiger partial charge in [0.05, 0.1) is 17.9 Å². The predicted molar refractivity (Wildman–Crippen MR) is 65.6 cm³/mol. The Labute approximate surface area is 103 Å². The van der Waals surface area contributed by atoms with Crippen molar-refractivity contribution in [2.24, 2.45) is 12.5 Å². The van der Waals surface area contributed by atoms with E-state index in [-0.39, 0.29) is 11.5 Å². The lowest BCUT2D eigenvalue weighted by atomic mass is 9.84. The molecular formula is C12H23N3O2. The van der Waals surface area contributed by atoms with Crippen LogP contribution in [0.1, 0.15) is 33.4 Å². The van der Waals surface area contributed by atoms with E-state index in [9.17, 15) is 5.11 Å². The molecule has 0 fully saturated rings. The lowest BCUT2D eigenvalue weighted by Crippen LogP contribution is -2.41. The lowest BCUT2D eigenvalue weighted by Gasteiger charge is -2.33. The Morgan fingerprint density at radius 2 is 2.12 bits per heavy atom. The maximum atomic E-state index is 10.2. The van der Waals surface area contributed by atoms with Crippen molar-refractivity contribution < 1.29 is 9.84 Å². The largest absolute Gasteiger partial charge is 0.390 e. The van der Waals surface area contributed by atoms with Gasteiger partial charge in [-0.25, -0.2) is 0 Å². The first-order chi connectivity index (χ1) is 7.84. The van der Waals surface area contributed by atoms with Crippen molar-refractivity contribution in [2.45, 2.75) is 46.3 Å². The van der Waals surface area contributed by atoms with Gasteiger partial charge in [-0.05, 0) is 12.3 Å². The minimum absolute atomic E-state index is 0.0996. The zero-order valence-electron chi connectivity index (χ0n) is 11.3. The van der Waals surface area contributed by atoms with Crippen molar-refractivity contribution in [1.82, 2.24) is 15.0 Å². The van der Waals surface area contributed by atoms with E-state index in [1.807, 2.05) is 20.2 Å². The molecule has 0 radical (unpaired) electrons. The number of aromatic nitrogens is 3. The van der Waals surface area contributed by atoms with Gasteiger partial charge < -0.3 is 9.84 Å². The second-order valence-electron chi connectivity index (χ2n) is 5.40. The zero-order chi connectivity index (χ0) is 13.1. The van der Waals surface area contributed by atoms with E-state index in [1.54, 1.807) is 4.68 Å². The number of hydrogen-bond donors (Lipinski definition) is 1. The van der Waals surface area contributed by atoms with Gasteiger partial charge >= 0.3 is 0 Å². The van der Waals surface area contributed by atoms with E-state index < -0.39 is 6.10 Å². The molecule has 1 aromatic heterocycles. The number of aliphatic hydroxyl groups is 1. The minimum atomic E-state index is -0.563. The molecule has 0 saturated heterocycles. The molecule has 98 valence electrons. The fourth-order valence-electron chi connectivity index (χ4n) is 1.93. The fourth-order valence-corrected chi connectivity index (χ4v) is 1.93.